The average molecular weight is 675 g/mol. The summed E-state index contributed by atoms with van der Waals surface area (Å²) >= 11 is 0. The normalized spacial score (nSPS) is 14.5. The molecule has 0 rings (SSSR count). The van der Waals surface area contributed by atoms with Crippen molar-refractivity contribution in [2.75, 3.05) is 19.8 Å². The average Bonchev–Trinajstić information content (AvgIpc) is 3.04. The first-order valence-electron chi connectivity index (χ1n) is 19.3. The molecule has 3 atom stereocenters. The molecule has 9 heteroatoms. The van der Waals surface area contributed by atoms with Crippen LogP contribution in [0.25, 0.3) is 0 Å². The van der Waals surface area contributed by atoms with E-state index in [4.69, 9.17) is 14.8 Å². The van der Waals surface area contributed by atoms with Crippen LogP contribution in [0.1, 0.15) is 187 Å². The Hall–Kier alpha value is -0.760. The number of nitrogens with two attached hydrogens (primary N) is 1. The molecule has 274 valence electrons. The molecule has 5 N–H and O–H groups in total. The van der Waals surface area contributed by atoms with Gasteiger partial charge >= 0.3 is 7.82 Å². The van der Waals surface area contributed by atoms with Crippen LogP contribution >= 0.6 is 7.82 Å². The summed E-state index contributed by atoms with van der Waals surface area (Å²) in [4.78, 5) is 22.6. The predicted octanol–water partition coefficient (Wildman–Crippen LogP) is 10.1. The highest BCUT2D eigenvalue weighted by Gasteiger charge is 2.27. The fraction of sp³-hybridized carbons (Fsp3) is 0.919. The second kappa shape index (κ2) is 34.1. The van der Waals surface area contributed by atoms with Crippen molar-refractivity contribution < 1.29 is 28.4 Å². The minimum atomic E-state index is -4.30. The van der Waals surface area contributed by atoms with E-state index in [-0.39, 0.29) is 25.7 Å². The summed E-state index contributed by atoms with van der Waals surface area (Å²) in [5.41, 5.74) is 5.35. The van der Waals surface area contributed by atoms with E-state index in [1.807, 2.05) is 0 Å². The van der Waals surface area contributed by atoms with Gasteiger partial charge in [-0.3, -0.25) is 13.8 Å². The molecule has 3 unspecified atom stereocenters. The van der Waals surface area contributed by atoms with Crippen LogP contribution in [0.4, 0.5) is 0 Å². The van der Waals surface area contributed by atoms with Gasteiger partial charge in [0.2, 0.25) is 5.91 Å². The van der Waals surface area contributed by atoms with Gasteiger partial charge in [-0.1, -0.05) is 154 Å². The van der Waals surface area contributed by atoms with E-state index < -0.39 is 20.0 Å². The molecule has 0 heterocycles. The maximum absolute atomic E-state index is 12.7. The van der Waals surface area contributed by atoms with Crippen LogP contribution in [0.3, 0.4) is 0 Å². The van der Waals surface area contributed by atoms with Gasteiger partial charge in [0, 0.05) is 13.0 Å². The quantitative estimate of drug-likeness (QED) is 0.0295. The Morgan fingerprint density at radius 2 is 1.13 bits per heavy atom. The Labute approximate surface area is 284 Å². The third-order valence-corrected chi connectivity index (χ3v) is 9.60. The van der Waals surface area contributed by atoms with Crippen LogP contribution < -0.4 is 11.1 Å². The molecule has 0 bridgehead atoms. The molecule has 0 aliphatic rings. The van der Waals surface area contributed by atoms with E-state index in [9.17, 15) is 19.4 Å². The summed E-state index contributed by atoms with van der Waals surface area (Å²) in [5.74, 6) is -0.166. The third kappa shape index (κ3) is 31.8. The maximum atomic E-state index is 12.7. The molecule has 0 saturated heterocycles. The number of aliphatic hydroxyl groups excluding tert-OH is 1. The largest absolute Gasteiger partial charge is 0.472 e. The summed E-state index contributed by atoms with van der Waals surface area (Å²) in [6.45, 7) is 4.16. The van der Waals surface area contributed by atoms with Gasteiger partial charge in [0.1, 0.15) is 0 Å². The van der Waals surface area contributed by atoms with Gasteiger partial charge in [0.15, 0.2) is 0 Å². The van der Waals surface area contributed by atoms with E-state index in [0.29, 0.717) is 12.8 Å². The molecular formula is C37H75N2O6P. The second-order valence-corrected chi connectivity index (χ2v) is 14.6. The molecule has 0 aromatic heterocycles. The number of rotatable bonds is 36. The molecule has 0 fully saturated rings. The van der Waals surface area contributed by atoms with Crippen LogP contribution in [-0.4, -0.2) is 47.8 Å². The van der Waals surface area contributed by atoms with Crippen LogP contribution in [-0.2, 0) is 18.4 Å². The topological polar surface area (TPSA) is 131 Å². The van der Waals surface area contributed by atoms with E-state index in [2.05, 4.69) is 31.3 Å². The molecule has 0 saturated carbocycles. The van der Waals surface area contributed by atoms with Gasteiger partial charge in [-0.15, -0.1) is 0 Å². The summed E-state index contributed by atoms with van der Waals surface area (Å²) in [5, 5.41) is 13.7. The van der Waals surface area contributed by atoms with Gasteiger partial charge in [0.25, 0.3) is 0 Å². The molecule has 0 aromatic carbocycles. The zero-order valence-electron chi connectivity index (χ0n) is 30.1. The number of nitrogens with one attached hydrogen (secondary N) is 1. The molecule has 0 radical (unpaired) electrons. The number of carbonyl (C=O) groups excluding carboxylic acids is 1. The van der Waals surface area contributed by atoms with Crippen LogP contribution in [0.2, 0.25) is 0 Å². The lowest BCUT2D eigenvalue weighted by molar-refractivity contribution is -0.123. The molecule has 8 nitrogen and oxygen atoms in total. The molecular weight excluding hydrogens is 599 g/mol. The molecule has 0 spiro atoms. The van der Waals surface area contributed by atoms with Gasteiger partial charge in [-0.2, -0.15) is 0 Å². The lowest BCUT2D eigenvalue weighted by Crippen LogP contribution is -2.46. The fourth-order valence-electron chi connectivity index (χ4n) is 5.66. The molecule has 0 aliphatic heterocycles. The number of hydrogen-bond donors (Lipinski definition) is 4. The predicted molar refractivity (Wildman–Crippen MR) is 194 cm³/mol. The van der Waals surface area contributed by atoms with Gasteiger partial charge < -0.3 is 21.1 Å². The van der Waals surface area contributed by atoms with E-state index in [1.54, 1.807) is 0 Å². The summed E-state index contributed by atoms with van der Waals surface area (Å²) in [6.07, 6.45) is 35.1. The monoisotopic (exact) mass is 675 g/mol. The highest BCUT2D eigenvalue weighted by atomic mass is 31.2. The number of phosphoric acid groups is 1. The van der Waals surface area contributed by atoms with Crippen molar-refractivity contribution in [3.63, 3.8) is 0 Å². The molecule has 1 amide bonds. The Balaban J connectivity index is 4.09. The zero-order chi connectivity index (χ0) is 34.0. The number of amides is 1. The van der Waals surface area contributed by atoms with E-state index in [1.165, 1.54) is 122 Å². The zero-order valence-corrected chi connectivity index (χ0v) is 31.0. The SMILES string of the molecule is CCCCCCCC/C=C\CCCCCCCCCCCC(=O)NC(COP(=O)(O)OCCN)C(O)CCCCCCCCCC. The number of unbranched alkanes of at least 4 members (excludes halogenated alkanes) is 22. The van der Waals surface area contributed by atoms with Crippen LogP contribution in [0.5, 0.6) is 0 Å². The van der Waals surface area contributed by atoms with Crippen molar-refractivity contribution in [1.29, 1.82) is 0 Å². The number of phosphoric ester groups is 1. The summed E-state index contributed by atoms with van der Waals surface area (Å²) in [7, 11) is -4.30. The Morgan fingerprint density at radius 3 is 1.61 bits per heavy atom. The lowest BCUT2D eigenvalue weighted by atomic mass is 10.0. The van der Waals surface area contributed by atoms with Gasteiger partial charge in [-0.25, -0.2) is 4.57 Å². The second-order valence-electron chi connectivity index (χ2n) is 13.1. The first-order valence-corrected chi connectivity index (χ1v) is 20.8. The number of aliphatic hydroxyl groups is 1. The van der Waals surface area contributed by atoms with E-state index >= 15 is 0 Å². The molecule has 46 heavy (non-hydrogen) atoms. The van der Waals surface area contributed by atoms with Crippen molar-refractivity contribution in [1.82, 2.24) is 5.32 Å². The Bertz CT molecular complexity index is 739. The lowest BCUT2D eigenvalue weighted by Gasteiger charge is -2.25. The number of hydrogen-bond acceptors (Lipinski definition) is 6. The number of allylic oxidation sites excluding steroid dienone is 2. The highest BCUT2D eigenvalue weighted by Crippen LogP contribution is 2.43. The van der Waals surface area contributed by atoms with E-state index in [0.717, 1.165) is 38.5 Å². The van der Waals surface area contributed by atoms with Crippen LogP contribution in [0, 0.1) is 0 Å². The standard InChI is InChI=1S/C37H75N2O6P/c1-3-5-7-9-11-13-14-15-16-17-18-19-20-21-22-23-25-27-29-31-37(41)39-35(34-45-46(42,43)44-33-32-38)36(40)30-28-26-24-12-10-8-6-4-2/h15-16,35-36,40H,3-14,17-34,38H2,1-2H3,(H,39,41)(H,42,43)/b16-15-. The minimum Gasteiger partial charge on any atom is -0.391 e. The van der Waals surface area contributed by atoms with Crippen molar-refractivity contribution in [2.45, 2.75) is 199 Å². The molecule has 0 aromatic rings. The first-order chi connectivity index (χ1) is 22.4. The minimum absolute atomic E-state index is 0.0897. The summed E-state index contributed by atoms with van der Waals surface area (Å²) < 4.78 is 22.0. The Morgan fingerprint density at radius 1 is 0.696 bits per heavy atom. The van der Waals surface area contributed by atoms with Crippen molar-refractivity contribution in [3.05, 3.63) is 12.2 Å². The third-order valence-electron chi connectivity index (χ3n) is 8.62. The highest BCUT2D eigenvalue weighted by molar-refractivity contribution is 7.47. The smallest absolute Gasteiger partial charge is 0.391 e. The van der Waals surface area contributed by atoms with Crippen LogP contribution in [0.15, 0.2) is 12.2 Å². The molecule has 0 aliphatic carbocycles. The number of carbonyl (C=O) groups is 1. The van der Waals surface area contributed by atoms with Crippen molar-refractivity contribution in [3.8, 4) is 0 Å². The summed E-state index contributed by atoms with van der Waals surface area (Å²) in [6, 6.07) is -0.769. The van der Waals surface area contributed by atoms with Gasteiger partial charge in [-0.05, 0) is 38.5 Å². The first kappa shape index (κ1) is 45.2. The van der Waals surface area contributed by atoms with Crippen molar-refractivity contribution in [2.24, 2.45) is 5.73 Å². The Kier molecular flexibility index (Phi) is 33.6. The van der Waals surface area contributed by atoms with Crippen molar-refractivity contribution >= 4 is 13.7 Å². The van der Waals surface area contributed by atoms with Gasteiger partial charge in [0.05, 0.1) is 25.4 Å². The maximum Gasteiger partial charge on any atom is 0.472 e. The fourth-order valence-corrected chi connectivity index (χ4v) is 6.42.